The summed E-state index contributed by atoms with van der Waals surface area (Å²) in [5.41, 5.74) is 4.02. The predicted octanol–water partition coefficient (Wildman–Crippen LogP) is 5.07. The van der Waals surface area contributed by atoms with E-state index in [9.17, 15) is 4.79 Å². The molecule has 0 saturated carbocycles. The molecule has 4 heterocycles. The molecule has 0 saturated heterocycles. The van der Waals surface area contributed by atoms with E-state index in [1.165, 1.54) is 26.5 Å². The van der Waals surface area contributed by atoms with Crippen molar-refractivity contribution in [2.45, 2.75) is 18.9 Å². The smallest absolute Gasteiger partial charge is 0.237 e. The van der Waals surface area contributed by atoms with Crippen LogP contribution in [-0.2, 0) is 11.2 Å². The highest BCUT2D eigenvalue weighted by atomic mass is 32.1. The average Bonchev–Trinajstić information content (AvgIpc) is 3.46. The molecular weight excluding hydrogens is 396 g/mol. The maximum atomic E-state index is 13.3. The van der Waals surface area contributed by atoms with Gasteiger partial charge in [0.05, 0.1) is 12.6 Å². The van der Waals surface area contributed by atoms with Gasteiger partial charge in [-0.15, -0.1) is 22.7 Å². The summed E-state index contributed by atoms with van der Waals surface area (Å²) in [4.78, 5) is 20.4. The molecule has 3 nitrogen and oxygen atoms in total. The number of hydrogen-bond acceptors (Lipinski definition) is 4. The largest absolute Gasteiger partial charge is 0.329 e. The van der Waals surface area contributed by atoms with Gasteiger partial charge in [0.2, 0.25) is 5.91 Å². The number of nitrogens with zero attached hydrogens (tertiary/aromatic N) is 2. The van der Waals surface area contributed by atoms with E-state index in [1.54, 1.807) is 11.3 Å². The molecule has 0 aliphatic carbocycles. The SMILES string of the molecule is O=C(CN1CC=C(c2ccccc2)CC1)N1CCc2sccc2C1c1cccs1. The molecule has 1 unspecified atom stereocenters. The number of thiophene rings is 2. The van der Waals surface area contributed by atoms with Gasteiger partial charge in [-0.3, -0.25) is 9.69 Å². The van der Waals surface area contributed by atoms with Crippen LogP contribution in [0.4, 0.5) is 0 Å². The molecule has 1 aromatic carbocycles. The molecule has 2 aliphatic heterocycles. The Hall–Kier alpha value is -2.21. The van der Waals surface area contributed by atoms with E-state index >= 15 is 0 Å². The number of hydrogen-bond donors (Lipinski definition) is 0. The molecule has 29 heavy (non-hydrogen) atoms. The van der Waals surface area contributed by atoms with E-state index < -0.39 is 0 Å². The second kappa shape index (κ2) is 8.27. The maximum absolute atomic E-state index is 13.3. The normalized spacial score (nSPS) is 19.7. The summed E-state index contributed by atoms with van der Waals surface area (Å²) in [6.07, 6.45) is 4.26. The summed E-state index contributed by atoms with van der Waals surface area (Å²) in [5, 5.41) is 4.28. The molecule has 2 aliphatic rings. The third-order valence-corrected chi connectivity index (χ3v) is 7.82. The van der Waals surface area contributed by atoms with Crippen LogP contribution in [0.1, 0.15) is 33.3 Å². The Morgan fingerprint density at radius 2 is 1.86 bits per heavy atom. The van der Waals surface area contributed by atoms with Gasteiger partial charge < -0.3 is 4.90 Å². The molecule has 2 aromatic heterocycles. The van der Waals surface area contributed by atoms with Crippen LogP contribution in [0.2, 0.25) is 0 Å². The highest BCUT2D eigenvalue weighted by Crippen LogP contribution is 2.39. The lowest BCUT2D eigenvalue weighted by atomic mass is 9.98. The fourth-order valence-electron chi connectivity index (χ4n) is 4.39. The second-order valence-corrected chi connectivity index (χ2v) is 9.61. The van der Waals surface area contributed by atoms with Gasteiger partial charge in [-0.2, -0.15) is 0 Å². The standard InChI is InChI=1S/C24H24N2OS2/c27-23(17-25-12-8-19(9-13-25)18-5-2-1-3-6-18)26-14-10-21-20(11-16-29-21)24(26)22-7-4-15-28-22/h1-8,11,15-16,24H,9-10,12-14,17H2. The van der Waals surface area contributed by atoms with Crippen LogP contribution in [0.3, 0.4) is 0 Å². The van der Waals surface area contributed by atoms with Crippen LogP contribution in [0.15, 0.2) is 65.4 Å². The fourth-order valence-corrected chi connectivity index (χ4v) is 6.15. The summed E-state index contributed by atoms with van der Waals surface area (Å²) in [6, 6.07) is 17.1. The van der Waals surface area contributed by atoms with Crippen molar-refractivity contribution in [3.05, 3.63) is 86.2 Å². The average molecular weight is 421 g/mol. The van der Waals surface area contributed by atoms with Gasteiger partial charge >= 0.3 is 0 Å². The van der Waals surface area contributed by atoms with Gasteiger partial charge in [-0.1, -0.05) is 42.5 Å². The monoisotopic (exact) mass is 420 g/mol. The van der Waals surface area contributed by atoms with Crippen molar-refractivity contribution in [2.75, 3.05) is 26.2 Å². The van der Waals surface area contributed by atoms with E-state index in [0.29, 0.717) is 6.54 Å². The number of amides is 1. The van der Waals surface area contributed by atoms with Crippen LogP contribution in [0, 0.1) is 0 Å². The molecule has 1 atom stereocenters. The number of rotatable bonds is 4. The second-order valence-electron chi connectivity index (χ2n) is 7.63. The third-order valence-electron chi connectivity index (χ3n) is 5.90. The van der Waals surface area contributed by atoms with Crippen LogP contribution < -0.4 is 0 Å². The molecule has 5 rings (SSSR count). The van der Waals surface area contributed by atoms with Crippen molar-refractivity contribution in [2.24, 2.45) is 0 Å². The Morgan fingerprint density at radius 3 is 2.62 bits per heavy atom. The van der Waals surface area contributed by atoms with E-state index in [-0.39, 0.29) is 11.9 Å². The zero-order valence-electron chi connectivity index (χ0n) is 16.3. The maximum Gasteiger partial charge on any atom is 0.237 e. The van der Waals surface area contributed by atoms with Crippen molar-refractivity contribution < 1.29 is 4.79 Å². The van der Waals surface area contributed by atoms with Crippen LogP contribution in [0.25, 0.3) is 5.57 Å². The molecule has 0 bridgehead atoms. The Morgan fingerprint density at radius 1 is 0.966 bits per heavy atom. The van der Waals surface area contributed by atoms with Gasteiger partial charge in [-0.05, 0) is 52.4 Å². The van der Waals surface area contributed by atoms with Gasteiger partial charge in [0.25, 0.3) is 0 Å². The fraction of sp³-hybridized carbons (Fsp3) is 0.292. The van der Waals surface area contributed by atoms with Crippen molar-refractivity contribution in [3.8, 4) is 0 Å². The summed E-state index contributed by atoms with van der Waals surface area (Å²) < 4.78 is 0. The van der Waals surface area contributed by atoms with E-state index in [0.717, 1.165) is 32.5 Å². The number of fused-ring (bicyclic) bond motifs is 1. The highest BCUT2D eigenvalue weighted by molar-refractivity contribution is 7.10. The Labute approximate surface area is 179 Å². The Kier molecular flexibility index (Phi) is 5.36. The molecule has 0 radical (unpaired) electrons. The zero-order chi connectivity index (χ0) is 19.6. The van der Waals surface area contributed by atoms with E-state index in [2.05, 4.69) is 75.2 Å². The molecule has 0 fully saturated rings. The summed E-state index contributed by atoms with van der Waals surface area (Å²) >= 11 is 3.57. The van der Waals surface area contributed by atoms with Crippen molar-refractivity contribution >= 4 is 34.2 Å². The minimum atomic E-state index is 0.0812. The quantitative estimate of drug-likeness (QED) is 0.588. The van der Waals surface area contributed by atoms with Crippen molar-refractivity contribution in [3.63, 3.8) is 0 Å². The topological polar surface area (TPSA) is 23.6 Å². The van der Waals surface area contributed by atoms with E-state index in [1.807, 2.05) is 11.3 Å². The lowest BCUT2D eigenvalue weighted by molar-refractivity contribution is -0.134. The Balaban J connectivity index is 1.30. The first-order chi connectivity index (χ1) is 14.3. The summed E-state index contributed by atoms with van der Waals surface area (Å²) in [5.74, 6) is 0.247. The van der Waals surface area contributed by atoms with Gasteiger partial charge in [0, 0.05) is 29.4 Å². The van der Waals surface area contributed by atoms with Crippen molar-refractivity contribution in [1.29, 1.82) is 0 Å². The zero-order valence-corrected chi connectivity index (χ0v) is 17.9. The first-order valence-corrected chi connectivity index (χ1v) is 11.9. The summed E-state index contributed by atoms with van der Waals surface area (Å²) in [6.45, 7) is 3.10. The Bertz CT molecular complexity index is 1010. The number of carbonyl (C=O) groups is 1. The minimum Gasteiger partial charge on any atom is -0.329 e. The lowest BCUT2D eigenvalue weighted by Crippen LogP contribution is -2.45. The number of carbonyl (C=O) groups excluding carboxylic acids is 1. The minimum absolute atomic E-state index is 0.0812. The van der Waals surface area contributed by atoms with Crippen LogP contribution in [0.5, 0.6) is 0 Å². The predicted molar refractivity (Wildman–Crippen MR) is 121 cm³/mol. The van der Waals surface area contributed by atoms with Gasteiger partial charge in [-0.25, -0.2) is 0 Å². The molecule has 5 heteroatoms. The third kappa shape index (κ3) is 3.82. The molecule has 1 amide bonds. The van der Waals surface area contributed by atoms with Crippen LogP contribution >= 0.6 is 22.7 Å². The number of benzene rings is 1. The first-order valence-electron chi connectivity index (χ1n) is 10.2. The van der Waals surface area contributed by atoms with Gasteiger partial charge in [0.15, 0.2) is 0 Å². The highest BCUT2D eigenvalue weighted by Gasteiger charge is 2.34. The molecule has 3 aromatic rings. The van der Waals surface area contributed by atoms with Crippen molar-refractivity contribution in [1.82, 2.24) is 9.80 Å². The molecule has 148 valence electrons. The van der Waals surface area contributed by atoms with Crippen LogP contribution in [-0.4, -0.2) is 41.9 Å². The molecule has 0 spiro atoms. The molecular formula is C24H24N2OS2. The molecule has 0 N–H and O–H groups in total. The summed E-state index contributed by atoms with van der Waals surface area (Å²) in [7, 11) is 0. The van der Waals surface area contributed by atoms with E-state index in [4.69, 9.17) is 0 Å². The van der Waals surface area contributed by atoms with Gasteiger partial charge in [0.1, 0.15) is 0 Å². The first kappa shape index (κ1) is 18.8. The lowest BCUT2D eigenvalue weighted by Gasteiger charge is -2.37.